The van der Waals surface area contributed by atoms with Gasteiger partial charge in [-0.3, -0.25) is 18.5 Å². The zero-order chi connectivity index (χ0) is 21.2. The van der Waals surface area contributed by atoms with E-state index in [1.54, 1.807) is 9.47 Å². The summed E-state index contributed by atoms with van der Waals surface area (Å²) >= 11 is 0. The monoisotopic (exact) mass is 454 g/mol. The number of ether oxygens (including phenoxy) is 1. The van der Waals surface area contributed by atoms with Gasteiger partial charge in [0.1, 0.15) is 18.1 Å². The van der Waals surface area contributed by atoms with Crippen molar-refractivity contribution in [3.05, 3.63) is 12.7 Å². The molecule has 2 aromatic heterocycles. The molecule has 0 aromatic carbocycles. The van der Waals surface area contributed by atoms with E-state index in [9.17, 15) is 9.13 Å². The molecule has 1 aliphatic rings. The van der Waals surface area contributed by atoms with Gasteiger partial charge in [-0.15, -0.1) is 0 Å². The summed E-state index contributed by atoms with van der Waals surface area (Å²) < 4.78 is 38.3. The minimum Gasteiger partial charge on any atom is -0.382 e. The zero-order valence-corrected chi connectivity index (χ0v) is 16.7. The van der Waals surface area contributed by atoms with Crippen LogP contribution in [0.4, 0.5) is 5.82 Å². The predicted molar refractivity (Wildman–Crippen MR) is 96.1 cm³/mol. The predicted octanol–water partition coefficient (Wildman–Crippen LogP) is -1.17. The summed E-state index contributed by atoms with van der Waals surface area (Å²) in [5.74, 6) is 0.179. The van der Waals surface area contributed by atoms with E-state index in [0.717, 1.165) is 0 Å². The third-order valence-electron chi connectivity index (χ3n) is 4.02. The first-order valence-electron chi connectivity index (χ1n) is 8.23. The van der Waals surface area contributed by atoms with E-state index in [2.05, 4.69) is 24.0 Å². The van der Waals surface area contributed by atoms with Gasteiger partial charge in [0.15, 0.2) is 11.5 Å². The fraction of sp³-hybridized carbons (Fsp3) is 0.583. The Hall–Kier alpha value is -1.51. The Balaban J connectivity index is 1.77. The lowest BCUT2D eigenvalue weighted by Gasteiger charge is -2.38. The van der Waals surface area contributed by atoms with Crippen LogP contribution in [0.15, 0.2) is 12.7 Å². The molecule has 0 amide bonds. The normalized spacial score (nSPS) is 21.7. The van der Waals surface area contributed by atoms with E-state index in [4.69, 9.17) is 30.0 Å². The van der Waals surface area contributed by atoms with E-state index in [1.165, 1.54) is 12.7 Å². The fourth-order valence-electron chi connectivity index (χ4n) is 2.87. The summed E-state index contributed by atoms with van der Waals surface area (Å²) in [4.78, 5) is 49.4. The van der Waals surface area contributed by atoms with Crippen LogP contribution in [-0.4, -0.2) is 82.9 Å². The SMILES string of the molecule is Nc1ncnc2c1ncn2[C@@H]1CN(CCOP(=O)(O)O)CC(COP(=O)(O)O)O1. The van der Waals surface area contributed by atoms with Crippen molar-refractivity contribution in [3.8, 4) is 0 Å². The molecule has 0 bridgehead atoms. The molecule has 0 spiro atoms. The third-order valence-corrected chi connectivity index (χ3v) is 5.02. The number of nitrogens with two attached hydrogens (primary N) is 1. The molecule has 1 fully saturated rings. The number of hydrogen-bond donors (Lipinski definition) is 5. The molecule has 2 aromatic rings. The van der Waals surface area contributed by atoms with Crippen LogP contribution >= 0.6 is 15.6 Å². The molecule has 1 unspecified atom stereocenters. The Kier molecular flexibility index (Phi) is 6.65. The first-order chi connectivity index (χ1) is 13.5. The van der Waals surface area contributed by atoms with Gasteiger partial charge in [-0.1, -0.05) is 0 Å². The average molecular weight is 454 g/mol. The maximum Gasteiger partial charge on any atom is 0.469 e. The number of phosphoric acid groups is 2. The average Bonchev–Trinajstić information content (AvgIpc) is 3.04. The van der Waals surface area contributed by atoms with E-state index in [1.807, 2.05) is 0 Å². The van der Waals surface area contributed by atoms with Gasteiger partial charge in [0.05, 0.1) is 25.6 Å². The first kappa shape index (κ1) is 22.2. The van der Waals surface area contributed by atoms with Crippen molar-refractivity contribution < 1.29 is 42.5 Å². The first-order valence-corrected chi connectivity index (χ1v) is 11.3. The van der Waals surface area contributed by atoms with Crippen molar-refractivity contribution >= 4 is 32.6 Å². The van der Waals surface area contributed by atoms with Crippen LogP contribution in [0, 0.1) is 0 Å². The second kappa shape index (κ2) is 8.70. The van der Waals surface area contributed by atoms with Gasteiger partial charge < -0.3 is 30.0 Å². The van der Waals surface area contributed by atoms with Crippen LogP contribution < -0.4 is 5.73 Å². The van der Waals surface area contributed by atoms with Gasteiger partial charge in [0, 0.05) is 19.6 Å². The van der Waals surface area contributed by atoms with Crippen LogP contribution in [-0.2, 0) is 22.9 Å². The number of nitrogens with zero attached hydrogens (tertiary/aromatic N) is 5. The lowest BCUT2D eigenvalue weighted by atomic mass is 10.2. The van der Waals surface area contributed by atoms with Gasteiger partial charge in [0.2, 0.25) is 0 Å². The number of phosphoric ester groups is 2. The topological polar surface area (TPSA) is 216 Å². The van der Waals surface area contributed by atoms with Crippen molar-refractivity contribution in [1.82, 2.24) is 24.4 Å². The number of hydrogen-bond acceptors (Lipinski definition) is 10. The van der Waals surface area contributed by atoms with Gasteiger partial charge in [-0.05, 0) is 0 Å². The molecule has 29 heavy (non-hydrogen) atoms. The van der Waals surface area contributed by atoms with Crippen molar-refractivity contribution in [2.24, 2.45) is 0 Å². The van der Waals surface area contributed by atoms with Gasteiger partial charge in [-0.25, -0.2) is 24.1 Å². The molecule has 1 saturated heterocycles. The standard InChI is InChI=1S/C12H20N6O9P2/c13-11-10-12(15-6-14-11)18(7-16-10)9-4-17(1-2-25-28(19,20)21)3-8(27-9)5-26-29(22,23)24/h6-9H,1-5H2,(H2,13,14,15)(H2,19,20,21)(H2,22,23,24)/t8?,9-/m0/s1. The van der Waals surface area contributed by atoms with Crippen LogP contribution in [0.3, 0.4) is 0 Å². The smallest absolute Gasteiger partial charge is 0.382 e. The largest absolute Gasteiger partial charge is 0.469 e. The Morgan fingerprint density at radius 1 is 1.14 bits per heavy atom. The van der Waals surface area contributed by atoms with E-state index >= 15 is 0 Å². The Morgan fingerprint density at radius 3 is 2.55 bits per heavy atom. The molecule has 0 saturated carbocycles. The Morgan fingerprint density at radius 2 is 1.86 bits per heavy atom. The summed E-state index contributed by atoms with van der Waals surface area (Å²) in [7, 11) is -9.32. The van der Waals surface area contributed by atoms with Crippen molar-refractivity contribution in [1.29, 1.82) is 0 Å². The minimum absolute atomic E-state index is 0.126. The lowest BCUT2D eigenvalue weighted by molar-refractivity contribution is -0.133. The van der Waals surface area contributed by atoms with Crippen LogP contribution in [0.1, 0.15) is 6.23 Å². The summed E-state index contributed by atoms with van der Waals surface area (Å²) in [6.07, 6.45) is 1.26. The summed E-state index contributed by atoms with van der Waals surface area (Å²) in [6.45, 7) is -0.0958. The molecular formula is C12H20N6O9P2. The van der Waals surface area contributed by atoms with Crippen LogP contribution in [0.5, 0.6) is 0 Å². The number of imidazole rings is 1. The van der Waals surface area contributed by atoms with E-state index < -0.39 is 34.6 Å². The molecule has 3 rings (SSSR count). The lowest BCUT2D eigenvalue weighted by Crippen LogP contribution is -2.48. The Bertz CT molecular complexity index is 945. The summed E-state index contributed by atoms with van der Waals surface area (Å²) in [6, 6.07) is 0. The maximum atomic E-state index is 11.0. The van der Waals surface area contributed by atoms with Gasteiger partial charge >= 0.3 is 15.6 Å². The second-order valence-electron chi connectivity index (χ2n) is 6.17. The molecule has 1 aliphatic heterocycles. The van der Waals surface area contributed by atoms with Gasteiger partial charge in [0.25, 0.3) is 0 Å². The number of aromatic nitrogens is 4. The number of nitrogen functional groups attached to an aromatic ring is 1. The van der Waals surface area contributed by atoms with E-state index in [-0.39, 0.29) is 32.1 Å². The van der Waals surface area contributed by atoms with Crippen LogP contribution in [0.2, 0.25) is 0 Å². The number of anilines is 1. The quantitative estimate of drug-likeness (QED) is 0.297. The molecular weight excluding hydrogens is 434 g/mol. The molecule has 2 atom stereocenters. The molecule has 3 heterocycles. The van der Waals surface area contributed by atoms with Crippen LogP contribution in [0.25, 0.3) is 11.2 Å². The molecule has 0 aliphatic carbocycles. The van der Waals surface area contributed by atoms with Crippen molar-refractivity contribution in [2.45, 2.75) is 12.3 Å². The van der Waals surface area contributed by atoms with Crippen molar-refractivity contribution in [2.75, 3.05) is 38.6 Å². The number of morpholine rings is 1. The van der Waals surface area contributed by atoms with Gasteiger partial charge in [-0.2, -0.15) is 0 Å². The fourth-order valence-corrected chi connectivity index (χ4v) is 3.55. The number of rotatable bonds is 8. The number of fused-ring (bicyclic) bond motifs is 1. The van der Waals surface area contributed by atoms with Crippen molar-refractivity contribution in [3.63, 3.8) is 0 Å². The molecule has 6 N–H and O–H groups in total. The summed E-state index contributed by atoms with van der Waals surface area (Å²) in [5.41, 5.74) is 6.54. The van der Waals surface area contributed by atoms with E-state index in [0.29, 0.717) is 11.2 Å². The highest BCUT2D eigenvalue weighted by molar-refractivity contribution is 7.46. The summed E-state index contributed by atoms with van der Waals surface area (Å²) in [5, 5.41) is 0. The highest BCUT2D eigenvalue weighted by atomic mass is 31.2. The maximum absolute atomic E-state index is 11.0. The Labute approximate surface area is 163 Å². The highest BCUT2D eigenvalue weighted by Gasteiger charge is 2.32. The third kappa shape index (κ3) is 6.23. The molecule has 15 nitrogen and oxygen atoms in total. The highest BCUT2D eigenvalue weighted by Crippen LogP contribution is 2.37. The second-order valence-corrected chi connectivity index (χ2v) is 8.64. The molecule has 0 radical (unpaired) electrons. The molecule has 17 heteroatoms. The minimum atomic E-state index is -4.70. The zero-order valence-electron chi connectivity index (χ0n) is 14.9. The molecule has 162 valence electrons.